The quantitative estimate of drug-likeness (QED) is 0.463. The monoisotopic (exact) mass is 448 g/mol. The Bertz CT molecular complexity index is 1270. The van der Waals surface area contributed by atoms with Crippen LogP contribution in [-0.4, -0.2) is 51.2 Å². The number of pyridine rings is 1. The Balaban J connectivity index is 1.29. The van der Waals surface area contributed by atoms with Crippen LogP contribution in [0, 0.1) is 6.92 Å². The van der Waals surface area contributed by atoms with Crippen LogP contribution in [0.5, 0.6) is 5.75 Å². The van der Waals surface area contributed by atoms with Crippen molar-refractivity contribution in [3.63, 3.8) is 0 Å². The molecule has 32 heavy (non-hydrogen) atoms. The fourth-order valence-corrected chi connectivity index (χ4v) is 4.92. The van der Waals surface area contributed by atoms with Gasteiger partial charge >= 0.3 is 0 Å². The number of carbonyl (C=O) groups is 1. The van der Waals surface area contributed by atoms with Gasteiger partial charge in [-0.25, -0.2) is 9.97 Å². The van der Waals surface area contributed by atoms with Crippen LogP contribution in [-0.2, 0) is 6.54 Å². The maximum atomic E-state index is 12.8. The first kappa shape index (κ1) is 20.4. The topological polar surface area (TPSA) is 96.0 Å². The number of amides is 1. The molecule has 0 aliphatic carbocycles. The molecule has 1 saturated heterocycles. The standard InChI is InChI=1S/C23H24N6O2S/c1-14-20(32-13-25-14)23(30)29-10-9-16(12-29)18-8-7-17-21(27-28-22(17)26-18)24-11-15-5-3-4-6-19(15)31-2/h3-8,13,16H,9-12H2,1-2H3,(H2,24,26,27,28)/t16-/m1/s1. The van der Waals surface area contributed by atoms with E-state index in [4.69, 9.17) is 9.72 Å². The molecular weight excluding hydrogens is 424 g/mol. The average molecular weight is 449 g/mol. The fourth-order valence-electron chi connectivity index (χ4n) is 4.15. The smallest absolute Gasteiger partial charge is 0.265 e. The number of ether oxygens (including phenoxy) is 1. The maximum Gasteiger partial charge on any atom is 0.265 e. The number of para-hydroxylation sites is 1. The number of hydrogen-bond acceptors (Lipinski definition) is 7. The van der Waals surface area contributed by atoms with Gasteiger partial charge in [-0.3, -0.25) is 9.89 Å². The summed E-state index contributed by atoms with van der Waals surface area (Å²) >= 11 is 1.41. The molecule has 0 unspecified atom stereocenters. The first-order chi connectivity index (χ1) is 15.6. The Morgan fingerprint density at radius 2 is 2.19 bits per heavy atom. The normalized spacial score (nSPS) is 15.9. The molecule has 1 aliphatic rings. The van der Waals surface area contributed by atoms with Crippen molar-refractivity contribution in [2.24, 2.45) is 0 Å². The maximum absolute atomic E-state index is 12.8. The molecule has 1 aliphatic heterocycles. The first-order valence-corrected chi connectivity index (χ1v) is 11.4. The SMILES string of the molecule is COc1ccccc1CNc1n[nH]c2nc([C@@H]3CCN(C(=O)c4scnc4C)C3)ccc12. The lowest BCUT2D eigenvalue weighted by Crippen LogP contribution is -2.28. The number of aromatic nitrogens is 4. The number of nitrogens with zero attached hydrogens (tertiary/aromatic N) is 4. The lowest BCUT2D eigenvalue weighted by Gasteiger charge is -2.15. The highest BCUT2D eigenvalue weighted by molar-refractivity contribution is 7.11. The van der Waals surface area contributed by atoms with Crippen molar-refractivity contribution in [3.8, 4) is 5.75 Å². The van der Waals surface area contributed by atoms with Gasteiger partial charge in [0, 0.05) is 36.8 Å². The molecule has 1 aromatic carbocycles. The van der Waals surface area contributed by atoms with Crippen LogP contribution < -0.4 is 10.1 Å². The van der Waals surface area contributed by atoms with E-state index < -0.39 is 0 Å². The summed E-state index contributed by atoms with van der Waals surface area (Å²) in [5.74, 6) is 1.88. The molecule has 4 heterocycles. The van der Waals surface area contributed by atoms with E-state index in [1.165, 1.54) is 11.3 Å². The number of anilines is 1. The predicted molar refractivity (Wildman–Crippen MR) is 124 cm³/mol. The molecule has 0 radical (unpaired) electrons. The third-order valence-corrected chi connectivity index (χ3v) is 6.83. The molecule has 0 bridgehead atoms. The Labute approximate surface area is 189 Å². The van der Waals surface area contributed by atoms with E-state index in [9.17, 15) is 4.79 Å². The molecule has 9 heteroatoms. The lowest BCUT2D eigenvalue weighted by molar-refractivity contribution is 0.0794. The second-order valence-corrected chi connectivity index (χ2v) is 8.73. The van der Waals surface area contributed by atoms with E-state index in [1.807, 2.05) is 48.2 Å². The van der Waals surface area contributed by atoms with Crippen LogP contribution in [0.3, 0.4) is 0 Å². The van der Waals surface area contributed by atoms with Crippen molar-refractivity contribution in [2.75, 3.05) is 25.5 Å². The van der Waals surface area contributed by atoms with Crippen LogP contribution in [0.1, 0.15) is 39.0 Å². The van der Waals surface area contributed by atoms with Gasteiger partial charge in [0.2, 0.25) is 0 Å². The minimum absolute atomic E-state index is 0.0675. The molecule has 1 amide bonds. The Morgan fingerprint density at radius 3 is 3.00 bits per heavy atom. The number of likely N-dealkylation sites (tertiary alicyclic amines) is 1. The van der Waals surface area contributed by atoms with Crippen molar-refractivity contribution < 1.29 is 9.53 Å². The number of nitrogens with one attached hydrogen (secondary N) is 2. The Hall–Kier alpha value is -3.46. The molecule has 2 N–H and O–H groups in total. The molecule has 0 spiro atoms. The van der Waals surface area contributed by atoms with E-state index in [1.54, 1.807) is 12.6 Å². The predicted octanol–water partition coefficient (Wildman–Crippen LogP) is 3.97. The molecule has 4 aromatic rings. The van der Waals surface area contributed by atoms with Gasteiger partial charge < -0.3 is 15.0 Å². The van der Waals surface area contributed by atoms with E-state index in [-0.39, 0.29) is 11.8 Å². The summed E-state index contributed by atoms with van der Waals surface area (Å²) in [6.45, 7) is 3.88. The van der Waals surface area contributed by atoms with Gasteiger partial charge in [0.15, 0.2) is 11.5 Å². The Morgan fingerprint density at radius 1 is 1.31 bits per heavy atom. The van der Waals surface area contributed by atoms with E-state index in [0.717, 1.165) is 57.4 Å². The van der Waals surface area contributed by atoms with Crippen molar-refractivity contribution >= 4 is 34.1 Å². The summed E-state index contributed by atoms with van der Waals surface area (Å²) in [5.41, 5.74) is 5.31. The number of fused-ring (bicyclic) bond motifs is 1. The van der Waals surface area contributed by atoms with Crippen LogP contribution in [0.4, 0.5) is 5.82 Å². The van der Waals surface area contributed by atoms with Gasteiger partial charge in [-0.2, -0.15) is 5.10 Å². The number of methoxy groups -OCH3 is 1. The highest BCUT2D eigenvalue weighted by atomic mass is 32.1. The number of benzene rings is 1. The van der Waals surface area contributed by atoms with Crippen molar-refractivity contribution in [1.82, 2.24) is 25.1 Å². The highest BCUT2D eigenvalue weighted by Gasteiger charge is 2.30. The zero-order valence-electron chi connectivity index (χ0n) is 18.0. The zero-order chi connectivity index (χ0) is 22.1. The van der Waals surface area contributed by atoms with Crippen LogP contribution in [0.25, 0.3) is 11.0 Å². The second kappa shape index (κ2) is 8.58. The van der Waals surface area contributed by atoms with Gasteiger partial charge in [-0.15, -0.1) is 11.3 Å². The fraction of sp³-hybridized carbons (Fsp3) is 0.304. The summed E-state index contributed by atoms with van der Waals surface area (Å²) in [4.78, 5) is 24.4. The average Bonchev–Trinajstić information content (AvgIpc) is 3.57. The van der Waals surface area contributed by atoms with E-state index >= 15 is 0 Å². The van der Waals surface area contributed by atoms with Gasteiger partial charge in [-0.1, -0.05) is 18.2 Å². The molecule has 5 rings (SSSR count). The summed E-state index contributed by atoms with van der Waals surface area (Å²) in [6, 6.07) is 12.0. The number of aryl methyl sites for hydroxylation is 1. The third-order valence-electron chi connectivity index (χ3n) is 5.92. The molecule has 0 saturated carbocycles. The largest absolute Gasteiger partial charge is 0.496 e. The molecule has 1 atom stereocenters. The summed E-state index contributed by atoms with van der Waals surface area (Å²) < 4.78 is 5.42. The molecular formula is C23H24N6O2S. The van der Waals surface area contributed by atoms with Crippen LogP contribution >= 0.6 is 11.3 Å². The van der Waals surface area contributed by atoms with Crippen molar-refractivity contribution in [3.05, 3.63) is 63.7 Å². The van der Waals surface area contributed by atoms with Crippen LogP contribution in [0.15, 0.2) is 41.9 Å². The number of thiazole rings is 1. The lowest BCUT2D eigenvalue weighted by atomic mass is 10.0. The first-order valence-electron chi connectivity index (χ1n) is 10.5. The number of H-pyrrole nitrogens is 1. The minimum atomic E-state index is 0.0675. The molecule has 3 aromatic heterocycles. The van der Waals surface area contributed by atoms with Gasteiger partial charge in [0.1, 0.15) is 10.6 Å². The highest BCUT2D eigenvalue weighted by Crippen LogP contribution is 2.30. The number of carbonyl (C=O) groups excluding carboxylic acids is 1. The van der Waals surface area contributed by atoms with Gasteiger partial charge in [0.05, 0.1) is 23.7 Å². The molecule has 164 valence electrons. The Kier molecular flexibility index (Phi) is 5.48. The van der Waals surface area contributed by atoms with Crippen molar-refractivity contribution in [1.29, 1.82) is 0 Å². The third kappa shape index (κ3) is 3.80. The molecule has 8 nitrogen and oxygen atoms in total. The van der Waals surface area contributed by atoms with Gasteiger partial charge in [-0.05, 0) is 31.5 Å². The number of hydrogen-bond donors (Lipinski definition) is 2. The van der Waals surface area contributed by atoms with E-state index in [2.05, 4.69) is 20.5 Å². The molecule has 1 fully saturated rings. The number of aromatic amines is 1. The second-order valence-electron chi connectivity index (χ2n) is 7.87. The summed E-state index contributed by atoms with van der Waals surface area (Å²) in [7, 11) is 1.67. The minimum Gasteiger partial charge on any atom is -0.496 e. The number of rotatable bonds is 6. The van der Waals surface area contributed by atoms with Crippen LogP contribution in [0.2, 0.25) is 0 Å². The zero-order valence-corrected chi connectivity index (χ0v) is 18.8. The summed E-state index contributed by atoms with van der Waals surface area (Å²) in [6.07, 6.45) is 0.898. The van der Waals surface area contributed by atoms with Crippen molar-refractivity contribution in [2.45, 2.75) is 25.8 Å². The summed E-state index contributed by atoms with van der Waals surface area (Å²) in [5, 5.41) is 11.8. The van der Waals surface area contributed by atoms with Gasteiger partial charge in [0.25, 0.3) is 5.91 Å². The van der Waals surface area contributed by atoms with E-state index in [0.29, 0.717) is 13.1 Å².